The molecule has 0 unspecified atom stereocenters. The van der Waals surface area contributed by atoms with Crippen molar-refractivity contribution >= 4 is 17.5 Å². The van der Waals surface area contributed by atoms with Crippen LogP contribution in [0.4, 0.5) is 5.69 Å². The average Bonchev–Trinajstić information content (AvgIpc) is 3.56. The van der Waals surface area contributed by atoms with Crippen LogP contribution in [0.5, 0.6) is 0 Å². The zero-order valence-electron chi connectivity index (χ0n) is 23.7. The number of carbonyl (C=O) groups is 2. The van der Waals surface area contributed by atoms with E-state index in [4.69, 9.17) is 4.52 Å². The Morgan fingerprint density at radius 3 is 2.58 bits per heavy atom. The van der Waals surface area contributed by atoms with Crippen molar-refractivity contribution in [3.8, 4) is 17.5 Å². The molecule has 4 rings (SSSR count). The Kier molecular flexibility index (Phi) is 9.14. The molecule has 2 amide bonds. The third-order valence-electron chi connectivity index (χ3n) is 6.82. The number of anilines is 1. The van der Waals surface area contributed by atoms with Crippen LogP contribution < -0.4 is 15.5 Å². The Hall–Kier alpha value is -4.27. The smallest absolute Gasteiger partial charge is 0.256 e. The van der Waals surface area contributed by atoms with Crippen LogP contribution >= 0.6 is 0 Å². The number of amides is 2. The number of hydrazine groups is 1. The minimum absolute atomic E-state index is 0.00256. The molecule has 1 aliphatic heterocycles. The second-order valence-electron chi connectivity index (χ2n) is 10.3. The predicted molar refractivity (Wildman–Crippen MR) is 151 cm³/mol. The molecule has 11 heteroatoms. The number of aryl methyl sites for hydroxylation is 2. The van der Waals surface area contributed by atoms with Gasteiger partial charge in [0.05, 0.1) is 24.7 Å². The molecular formula is C29H36N8O3. The maximum absolute atomic E-state index is 13.6. The molecule has 0 bridgehead atoms. The summed E-state index contributed by atoms with van der Waals surface area (Å²) in [6.45, 7) is 9.99. The van der Waals surface area contributed by atoms with Crippen LogP contribution in [0, 0.1) is 25.2 Å². The summed E-state index contributed by atoms with van der Waals surface area (Å²) in [5, 5.41) is 23.0. The van der Waals surface area contributed by atoms with E-state index >= 15 is 0 Å². The number of hydrogen-bond acceptors (Lipinski definition) is 9. The third-order valence-corrected chi connectivity index (χ3v) is 6.82. The summed E-state index contributed by atoms with van der Waals surface area (Å²) in [5.74, 6) is 0.549. The first-order valence-electron chi connectivity index (χ1n) is 13.3. The van der Waals surface area contributed by atoms with Crippen LogP contribution in [0.1, 0.15) is 42.0 Å². The zero-order valence-corrected chi connectivity index (χ0v) is 23.7. The number of nitriles is 1. The topological polar surface area (TPSA) is 131 Å². The van der Waals surface area contributed by atoms with E-state index in [1.54, 1.807) is 29.9 Å². The molecule has 1 aromatic heterocycles. The number of nitrogens with zero attached hydrogens (tertiary/aromatic N) is 6. The standard InChI is InChI=1S/C29H36N8O3/c1-19(2)31-10-11-32-27(38)17-36(26-13-23(8-6-20(26)3)29-33-21(4)40-34-29)18-28(39)35(5)37-15-24-9-7-22(14-30)12-25(24)16-37/h6-9,12-13,19,31H,10-11,15-18H2,1-5H3,(H,32,38). The molecule has 0 aliphatic carbocycles. The zero-order chi connectivity index (χ0) is 28.8. The molecule has 0 radical (unpaired) electrons. The third kappa shape index (κ3) is 7.02. The molecule has 2 aromatic carbocycles. The fourth-order valence-corrected chi connectivity index (χ4v) is 4.61. The van der Waals surface area contributed by atoms with Gasteiger partial charge in [0.15, 0.2) is 0 Å². The van der Waals surface area contributed by atoms with Gasteiger partial charge in [0, 0.05) is 57.4 Å². The molecule has 2 heterocycles. The quantitative estimate of drug-likeness (QED) is 0.350. The second kappa shape index (κ2) is 12.7. The molecule has 0 spiro atoms. The highest BCUT2D eigenvalue weighted by Gasteiger charge is 2.27. The van der Waals surface area contributed by atoms with E-state index in [0.29, 0.717) is 49.5 Å². The van der Waals surface area contributed by atoms with E-state index < -0.39 is 0 Å². The largest absolute Gasteiger partial charge is 0.353 e. The Morgan fingerprint density at radius 1 is 1.10 bits per heavy atom. The first-order chi connectivity index (χ1) is 19.1. The molecule has 210 valence electrons. The Morgan fingerprint density at radius 2 is 1.88 bits per heavy atom. The van der Waals surface area contributed by atoms with Gasteiger partial charge in [-0.1, -0.05) is 37.2 Å². The van der Waals surface area contributed by atoms with Crippen molar-refractivity contribution < 1.29 is 14.1 Å². The molecular weight excluding hydrogens is 508 g/mol. The molecule has 0 saturated heterocycles. The van der Waals surface area contributed by atoms with E-state index in [-0.39, 0.29) is 24.9 Å². The van der Waals surface area contributed by atoms with E-state index in [9.17, 15) is 14.9 Å². The summed E-state index contributed by atoms with van der Waals surface area (Å²) < 4.78 is 5.15. The van der Waals surface area contributed by atoms with Crippen molar-refractivity contribution in [2.45, 2.75) is 46.8 Å². The summed E-state index contributed by atoms with van der Waals surface area (Å²) in [7, 11) is 1.74. The Labute approximate surface area is 234 Å². The molecule has 3 aromatic rings. The van der Waals surface area contributed by atoms with Crippen LogP contribution in [0.3, 0.4) is 0 Å². The SMILES string of the molecule is Cc1nc(-c2ccc(C)c(N(CC(=O)NCCNC(C)C)CC(=O)N(C)N3Cc4ccc(C#N)cc4C3)c2)no1. The monoisotopic (exact) mass is 544 g/mol. The van der Waals surface area contributed by atoms with Gasteiger partial charge in [0.2, 0.25) is 17.6 Å². The summed E-state index contributed by atoms with van der Waals surface area (Å²) in [5.41, 5.74) is 5.09. The highest BCUT2D eigenvalue weighted by atomic mass is 16.5. The molecule has 2 N–H and O–H groups in total. The Bertz CT molecular complexity index is 1410. The van der Waals surface area contributed by atoms with Gasteiger partial charge in [-0.3, -0.25) is 14.6 Å². The number of fused-ring (bicyclic) bond motifs is 1. The van der Waals surface area contributed by atoms with Gasteiger partial charge in [-0.15, -0.1) is 0 Å². The fourth-order valence-electron chi connectivity index (χ4n) is 4.61. The van der Waals surface area contributed by atoms with E-state index in [1.165, 1.54) is 0 Å². The highest BCUT2D eigenvalue weighted by molar-refractivity contribution is 5.87. The predicted octanol–water partition coefficient (Wildman–Crippen LogP) is 2.53. The van der Waals surface area contributed by atoms with Crippen molar-refractivity contribution in [1.29, 1.82) is 5.26 Å². The van der Waals surface area contributed by atoms with Crippen LogP contribution in [0.25, 0.3) is 11.4 Å². The summed E-state index contributed by atoms with van der Waals surface area (Å²) in [6.07, 6.45) is 0. The number of hydrogen-bond donors (Lipinski definition) is 2. The number of rotatable bonds is 11. The molecule has 11 nitrogen and oxygen atoms in total. The minimum atomic E-state index is -0.182. The van der Waals surface area contributed by atoms with Crippen molar-refractivity contribution in [2.24, 2.45) is 0 Å². The lowest BCUT2D eigenvalue weighted by molar-refractivity contribution is -0.145. The number of carbonyl (C=O) groups excluding carboxylic acids is 2. The molecule has 0 atom stereocenters. The van der Waals surface area contributed by atoms with Gasteiger partial charge >= 0.3 is 0 Å². The van der Waals surface area contributed by atoms with E-state index in [2.05, 4.69) is 26.8 Å². The lowest BCUT2D eigenvalue weighted by Gasteiger charge is -2.32. The number of benzene rings is 2. The second-order valence-corrected chi connectivity index (χ2v) is 10.3. The van der Waals surface area contributed by atoms with Crippen molar-refractivity contribution in [1.82, 2.24) is 30.8 Å². The normalized spacial score (nSPS) is 12.7. The lowest BCUT2D eigenvalue weighted by Crippen LogP contribution is -2.48. The van der Waals surface area contributed by atoms with Gasteiger partial charge in [-0.25, -0.2) is 5.01 Å². The van der Waals surface area contributed by atoms with Crippen LogP contribution in [-0.4, -0.2) is 71.2 Å². The van der Waals surface area contributed by atoms with Crippen molar-refractivity contribution in [3.63, 3.8) is 0 Å². The molecule has 1 aliphatic rings. The summed E-state index contributed by atoms with van der Waals surface area (Å²) in [6, 6.07) is 13.8. The molecule has 40 heavy (non-hydrogen) atoms. The number of aromatic nitrogens is 2. The Balaban J connectivity index is 1.52. The average molecular weight is 545 g/mol. The number of likely N-dealkylation sites (N-methyl/N-ethyl adjacent to an activating group) is 1. The van der Waals surface area contributed by atoms with Crippen LogP contribution in [-0.2, 0) is 22.7 Å². The van der Waals surface area contributed by atoms with Crippen molar-refractivity contribution in [2.75, 3.05) is 38.1 Å². The van der Waals surface area contributed by atoms with E-state index in [1.807, 2.05) is 56.1 Å². The van der Waals surface area contributed by atoms with Crippen LogP contribution in [0.15, 0.2) is 40.9 Å². The first kappa shape index (κ1) is 28.7. The van der Waals surface area contributed by atoms with E-state index in [0.717, 1.165) is 27.9 Å². The maximum atomic E-state index is 13.6. The first-order valence-corrected chi connectivity index (χ1v) is 13.3. The molecule has 0 fully saturated rings. The number of nitrogens with one attached hydrogen (secondary N) is 2. The van der Waals surface area contributed by atoms with Gasteiger partial charge in [0.25, 0.3) is 5.91 Å². The van der Waals surface area contributed by atoms with Gasteiger partial charge in [0.1, 0.15) is 0 Å². The van der Waals surface area contributed by atoms with Gasteiger partial charge in [-0.05, 0) is 41.8 Å². The lowest BCUT2D eigenvalue weighted by atomic mass is 10.1. The van der Waals surface area contributed by atoms with Gasteiger partial charge < -0.3 is 20.1 Å². The summed E-state index contributed by atoms with van der Waals surface area (Å²) in [4.78, 5) is 32.7. The fraction of sp³-hybridized carbons (Fsp3) is 0.414. The van der Waals surface area contributed by atoms with Crippen molar-refractivity contribution in [3.05, 3.63) is 64.5 Å². The van der Waals surface area contributed by atoms with Gasteiger partial charge in [-0.2, -0.15) is 10.2 Å². The summed E-state index contributed by atoms with van der Waals surface area (Å²) >= 11 is 0. The minimum Gasteiger partial charge on any atom is -0.353 e. The molecule has 0 saturated carbocycles. The van der Waals surface area contributed by atoms with Crippen LogP contribution in [0.2, 0.25) is 0 Å². The highest BCUT2D eigenvalue weighted by Crippen LogP contribution is 2.28. The maximum Gasteiger partial charge on any atom is 0.256 e.